The van der Waals surface area contributed by atoms with Crippen LogP contribution in [0, 0.1) is 0 Å². The number of β-amino-alcohol motifs (C(OH)–C–C–N with tert-alkyl or cyclic N) is 1. The Morgan fingerprint density at radius 2 is 1.72 bits per heavy atom. The van der Waals surface area contributed by atoms with Gasteiger partial charge in [-0.25, -0.2) is 4.31 Å². The van der Waals surface area contributed by atoms with Crippen LogP contribution in [0.25, 0.3) is 10.8 Å². The van der Waals surface area contributed by atoms with Crippen molar-refractivity contribution in [1.82, 2.24) is 9.62 Å². The van der Waals surface area contributed by atoms with Gasteiger partial charge in [-0.3, -0.25) is 0 Å². The van der Waals surface area contributed by atoms with Gasteiger partial charge in [0.2, 0.25) is 0 Å². The van der Waals surface area contributed by atoms with Gasteiger partial charge < -0.3 is 10.4 Å². The van der Waals surface area contributed by atoms with Gasteiger partial charge in [0.1, 0.15) is 0 Å². The highest BCUT2D eigenvalue weighted by Crippen LogP contribution is 2.29. The standard InChI is InChI=1S/C24H29BrN2OS/c1-24(2,15-18-12-13-19-8-4-5-9-20(19)14-18)26-16-21(28)17-27(3)29-23-11-7-6-10-22(23)25/h4-14,21,26,28H,15-17H2,1-3H3. The molecular weight excluding hydrogens is 444 g/mol. The first-order chi connectivity index (χ1) is 13.8. The zero-order valence-corrected chi connectivity index (χ0v) is 19.6. The molecule has 154 valence electrons. The van der Waals surface area contributed by atoms with Gasteiger partial charge in [0, 0.05) is 28.0 Å². The van der Waals surface area contributed by atoms with Crippen LogP contribution in [-0.4, -0.2) is 41.2 Å². The highest BCUT2D eigenvalue weighted by atomic mass is 79.9. The molecule has 0 saturated heterocycles. The molecule has 1 atom stereocenters. The lowest BCUT2D eigenvalue weighted by molar-refractivity contribution is 0.142. The molecule has 0 amide bonds. The van der Waals surface area contributed by atoms with E-state index in [1.807, 2.05) is 25.2 Å². The molecule has 0 aliphatic rings. The molecule has 0 saturated carbocycles. The highest BCUT2D eigenvalue weighted by molar-refractivity contribution is 9.10. The van der Waals surface area contributed by atoms with Crippen LogP contribution < -0.4 is 5.32 Å². The first-order valence-electron chi connectivity index (χ1n) is 9.87. The smallest absolute Gasteiger partial charge is 0.0800 e. The molecular formula is C24H29BrN2OS. The van der Waals surface area contributed by atoms with E-state index < -0.39 is 6.10 Å². The van der Waals surface area contributed by atoms with E-state index in [0.29, 0.717) is 13.1 Å². The van der Waals surface area contributed by atoms with E-state index in [0.717, 1.165) is 15.8 Å². The number of likely N-dealkylation sites (N-methyl/N-ethyl adjacent to an activating group) is 1. The Morgan fingerprint density at radius 3 is 2.48 bits per heavy atom. The van der Waals surface area contributed by atoms with Crippen LogP contribution in [0.3, 0.4) is 0 Å². The number of hydrogen-bond donors (Lipinski definition) is 2. The lowest BCUT2D eigenvalue weighted by atomic mass is 9.93. The van der Waals surface area contributed by atoms with Gasteiger partial charge >= 0.3 is 0 Å². The molecule has 0 radical (unpaired) electrons. The third-order valence-electron chi connectivity index (χ3n) is 4.83. The molecule has 0 bridgehead atoms. The SMILES string of the molecule is CN(CC(O)CNC(C)(C)Cc1ccc2ccccc2c1)Sc1ccccc1Br. The minimum Gasteiger partial charge on any atom is -0.390 e. The van der Waals surface area contributed by atoms with Crippen molar-refractivity contribution in [2.24, 2.45) is 0 Å². The summed E-state index contributed by atoms with van der Waals surface area (Å²) in [4.78, 5) is 1.15. The number of halogens is 1. The van der Waals surface area contributed by atoms with E-state index in [9.17, 15) is 5.11 Å². The molecule has 5 heteroatoms. The lowest BCUT2D eigenvalue weighted by Gasteiger charge is -2.29. The summed E-state index contributed by atoms with van der Waals surface area (Å²) in [5.41, 5.74) is 1.20. The fraction of sp³-hybridized carbons (Fsp3) is 0.333. The van der Waals surface area contributed by atoms with Crippen molar-refractivity contribution in [1.29, 1.82) is 0 Å². The normalized spacial score (nSPS) is 13.2. The number of nitrogens with zero attached hydrogens (tertiary/aromatic N) is 1. The summed E-state index contributed by atoms with van der Waals surface area (Å²) in [7, 11) is 2.01. The molecule has 0 spiro atoms. The fourth-order valence-electron chi connectivity index (χ4n) is 3.40. The van der Waals surface area contributed by atoms with Crippen LogP contribution in [-0.2, 0) is 6.42 Å². The van der Waals surface area contributed by atoms with Crippen LogP contribution in [0.2, 0.25) is 0 Å². The van der Waals surface area contributed by atoms with Gasteiger partial charge in [-0.15, -0.1) is 0 Å². The third-order valence-corrected chi connectivity index (χ3v) is 6.80. The van der Waals surface area contributed by atoms with Crippen LogP contribution >= 0.6 is 27.9 Å². The van der Waals surface area contributed by atoms with Crippen molar-refractivity contribution < 1.29 is 5.11 Å². The summed E-state index contributed by atoms with van der Waals surface area (Å²) < 4.78 is 3.14. The van der Waals surface area contributed by atoms with Gasteiger partial charge in [-0.05, 0) is 83.7 Å². The summed E-state index contributed by atoms with van der Waals surface area (Å²) in [5.74, 6) is 0. The minimum absolute atomic E-state index is 0.0996. The Labute approximate surface area is 186 Å². The first kappa shape index (κ1) is 22.3. The predicted octanol–water partition coefficient (Wildman–Crippen LogP) is 5.51. The van der Waals surface area contributed by atoms with Gasteiger partial charge in [0.25, 0.3) is 0 Å². The number of rotatable bonds is 9. The molecule has 0 aliphatic carbocycles. The van der Waals surface area contributed by atoms with Crippen molar-refractivity contribution in [2.75, 3.05) is 20.1 Å². The number of nitrogens with one attached hydrogen (secondary N) is 1. The molecule has 3 aromatic carbocycles. The molecule has 1 unspecified atom stereocenters. The maximum Gasteiger partial charge on any atom is 0.0800 e. The van der Waals surface area contributed by atoms with Crippen molar-refractivity contribution >= 4 is 38.7 Å². The highest BCUT2D eigenvalue weighted by Gasteiger charge is 2.20. The first-order valence-corrected chi connectivity index (χ1v) is 11.4. The Hall–Kier alpha value is -1.37. The Bertz CT molecular complexity index is 947. The van der Waals surface area contributed by atoms with Gasteiger partial charge in [-0.1, -0.05) is 54.6 Å². The van der Waals surface area contributed by atoms with Crippen molar-refractivity contribution in [3.05, 3.63) is 76.8 Å². The zero-order valence-electron chi connectivity index (χ0n) is 17.2. The average Bonchev–Trinajstić information content (AvgIpc) is 2.68. The molecule has 2 N–H and O–H groups in total. The zero-order chi connectivity index (χ0) is 20.9. The van der Waals surface area contributed by atoms with E-state index in [-0.39, 0.29) is 5.54 Å². The van der Waals surface area contributed by atoms with E-state index in [2.05, 4.69) is 87.9 Å². The monoisotopic (exact) mass is 472 g/mol. The summed E-state index contributed by atoms with van der Waals surface area (Å²) in [6.07, 6.45) is 0.470. The number of aliphatic hydroxyl groups excluding tert-OH is 1. The molecule has 0 heterocycles. The molecule has 3 nitrogen and oxygen atoms in total. The van der Waals surface area contributed by atoms with E-state index in [4.69, 9.17) is 0 Å². The molecule has 3 rings (SSSR count). The van der Waals surface area contributed by atoms with Crippen molar-refractivity contribution in [2.45, 2.75) is 36.8 Å². The number of fused-ring (bicyclic) bond motifs is 1. The van der Waals surface area contributed by atoms with Crippen LogP contribution in [0.1, 0.15) is 19.4 Å². The maximum absolute atomic E-state index is 10.5. The van der Waals surface area contributed by atoms with E-state index in [1.54, 1.807) is 11.9 Å². The van der Waals surface area contributed by atoms with Gasteiger partial charge in [-0.2, -0.15) is 0 Å². The molecule has 0 fully saturated rings. The van der Waals surface area contributed by atoms with E-state index >= 15 is 0 Å². The second-order valence-electron chi connectivity index (χ2n) is 8.11. The predicted molar refractivity (Wildman–Crippen MR) is 128 cm³/mol. The minimum atomic E-state index is -0.439. The van der Waals surface area contributed by atoms with Gasteiger partial charge in [0.05, 0.1) is 6.10 Å². The Balaban J connectivity index is 1.50. The molecule has 3 aromatic rings. The van der Waals surface area contributed by atoms with Crippen molar-refractivity contribution in [3.63, 3.8) is 0 Å². The van der Waals surface area contributed by atoms with Gasteiger partial charge in [0.15, 0.2) is 0 Å². The quantitative estimate of drug-likeness (QED) is 0.402. The second-order valence-corrected chi connectivity index (χ2v) is 10.2. The van der Waals surface area contributed by atoms with Crippen molar-refractivity contribution in [3.8, 4) is 0 Å². The number of benzene rings is 3. The molecule has 0 aliphatic heterocycles. The fourth-order valence-corrected chi connectivity index (χ4v) is 4.78. The average molecular weight is 473 g/mol. The second kappa shape index (κ2) is 10.1. The lowest BCUT2D eigenvalue weighted by Crippen LogP contribution is -2.46. The Morgan fingerprint density at radius 1 is 1.03 bits per heavy atom. The number of aliphatic hydroxyl groups is 1. The van der Waals surface area contributed by atoms with E-state index in [1.165, 1.54) is 16.3 Å². The summed E-state index contributed by atoms with van der Waals surface area (Å²) in [6.45, 7) is 5.52. The van der Waals surface area contributed by atoms with Crippen LogP contribution in [0.15, 0.2) is 76.1 Å². The Kier molecular flexibility index (Phi) is 7.77. The topological polar surface area (TPSA) is 35.5 Å². The van der Waals surface area contributed by atoms with Crippen LogP contribution in [0.4, 0.5) is 0 Å². The third kappa shape index (κ3) is 6.83. The largest absolute Gasteiger partial charge is 0.390 e. The van der Waals surface area contributed by atoms with Crippen LogP contribution in [0.5, 0.6) is 0 Å². The summed E-state index contributed by atoms with van der Waals surface area (Å²) in [5, 5.41) is 16.6. The number of hydrogen-bond acceptors (Lipinski definition) is 4. The summed E-state index contributed by atoms with van der Waals surface area (Å²) >= 11 is 5.21. The molecule has 29 heavy (non-hydrogen) atoms. The molecule has 0 aromatic heterocycles. The summed E-state index contributed by atoms with van der Waals surface area (Å²) in [6, 6.07) is 23.2. The maximum atomic E-state index is 10.5.